The van der Waals surface area contributed by atoms with Gasteiger partial charge in [0.2, 0.25) is 0 Å². The molecule has 3 N–H and O–H groups in total. The smallest absolute Gasteiger partial charge is 0.131 e. The van der Waals surface area contributed by atoms with E-state index in [0.717, 1.165) is 17.1 Å². The minimum absolute atomic E-state index is 0.107. The number of anilines is 1. The van der Waals surface area contributed by atoms with Crippen molar-refractivity contribution in [2.75, 3.05) is 19.0 Å². The van der Waals surface area contributed by atoms with Gasteiger partial charge in [-0.15, -0.1) is 0 Å². The van der Waals surface area contributed by atoms with E-state index in [4.69, 9.17) is 5.84 Å². The molecule has 0 aliphatic carbocycles. The molecule has 96 valence electrons. The molecule has 1 aromatic carbocycles. The van der Waals surface area contributed by atoms with E-state index >= 15 is 0 Å². The standard InChI is InChI=1S/C13H19N5/c1-17(2)11-6-4-5-10(9-11)12(16-14)13-15-7-8-18(13)3/h4-9,12,16H,14H2,1-3H3. The zero-order valence-corrected chi connectivity index (χ0v) is 11.0. The van der Waals surface area contributed by atoms with Crippen LogP contribution in [-0.4, -0.2) is 23.6 Å². The Morgan fingerprint density at radius 1 is 1.39 bits per heavy atom. The number of hydrogen-bond acceptors (Lipinski definition) is 4. The van der Waals surface area contributed by atoms with Crippen molar-refractivity contribution in [1.82, 2.24) is 15.0 Å². The van der Waals surface area contributed by atoms with E-state index in [-0.39, 0.29) is 6.04 Å². The summed E-state index contributed by atoms with van der Waals surface area (Å²) in [5.41, 5.74) is 5.06. The van der Waals surface area contributed by atoms with Crippen LogP contribution in [0.5, 0.6) is 0 Å². The fourth-order valence-electron chi connectivity index (χ4n) is 1.96. The first-order valence-electron chi connectivity index (χ1n) is 5.84. The molecular weight excluding hydrogens is 226 g/mol. The van der Waals surface area contributed by atoms with Gasteiger partial charge in [-0.1, -0.05) is 12.1 Å². The molecule has 0 bridgehead atoms. The van der Waals surface area contributed by atoms with Crippen LogP contribution >= 0.6 is 0 Å². The maximum Gasteiger partial charge on any atom is 0.131 e. The lowest BCUT2D eigenvalue weighted by Crippen LogP contribution is -2.31. The maximum atomic E-state index is 5.67. The number of nitrogens with one attached hydrogen (secondary N) is 1. The van der Waals surface area contributed by atoms with Gasteiger partial charge in [0.05, 0.1) is 0 Å². The predicted molar refractivity (Wildman–Crippen MR) is 73.1 cm³/mol. The summed E-state index contributed by atoms with van der Waals surface area (Å²) in [4.78, 5) is 6.41. The summed E-state index contributed by atoms with van der Waals surface area (Å²) in [7, 11) is 6.00. The van der Waals surface area contributed by atoms with Crippen LogP contribution in [0.4, 0.5) is 5.69 Å². The van der Waals surface area contributed by atoms with Crippen LogP contribution in [0.2, 0.25) is 0 Å². The summed E-state index contributed by atoms with van der Waals surface area (Å²) >= 11 is 0. The summed E-state index contributed by atoms with van der Waals surface area (Å²) < 4.78 is 1.97. The highest BCUT2D eigenvalue weighted by atomic mass is 15.3. The Bertz CT molecular complexity index is 518. The fraction of sp³-hybridized carbons (Fsp3) is 0.308. The first kappa shape index (κ1) is 12.6. The highest BCUT2D eigenvalue weighted by Gasteiger charge is 2.16. The second-order valence-electron chi connectivity index (χ2n) is 4.49. The van der Waals surface area contributed by atoms with Crippen LogP contribution in [0.25, 0.3) is 0 Å². The first-order valence-corrected chi connectivity index (χ1v) is 5.84. The van der Waals surface area contributed by atoms with Crippen molar-refractivity contribution in [2.24, 2.45) is 12.9 Å². The number of imidazole rings is 1. The van der Waals surface area contributed by atoms with Gasteiger partial charge in [-0.2, -0.15) is 0 Å². The molecule has 0 radical (unpaired) electrons. The minimum Gasteiger partial charge on any atom is -0.378 e. The SMILES string of the molecule is CN(C)c1cccc(C(NN)c2nccn2C)c1. The summed E-state index contributed by atoms with van der Waals surface area (Å²) in [5, 5.41) is 0. The molecule has 1 unspecified atom stereocenters. The van der Waals surface area contributed by atoms with Crippen LogP contribution in [-0.2, 0) is 7.05 Å². The molecule has 1 aromatic heterocycles. The molecule has 5 nitrogen and oxygen atoms in total. The summed E-state index contributed by atoms with van der Waals surface area (Å²) in [6.45, 7) is 0. The lowest BCUT2D eigenvalue weighted by molar-refractivity contribution is 0.580. The molecular formula is C13H19N5. The number of nitrogens with zero attached hydrogens (tertiary/aromatic N) is 3. The topological polar surface area (TPSA) is 59.1 Å². The molecule has 0 aliphatic heterocycles. The molecule has 1 heterocycles. The quantitative estimate of drug-likeness (QED) is 0.624. The van der Waals surface area contributed by atoms with Gasteiger partial charge in [0, 0.05) is 39.2 Å². The van der Waals surface area contributed by atoms with Crippen LogP contribution in [0.1, 0.15) is 17.4 Å². The van der Waals surface area contributed by atoms with E-state index in [1.807, 2.05) is 44.0 Å². The number of nitrogens with two attached hydrogens (primary N) is 1. The zero-order chi connectivity index (χ0) is 13.1. The average Bonchev–Trinajstić information content (AvgIpc) is 2.77. The Morgan fingerprint density at radius 3 is 2.72 bits per heavy atom. The van der Waals surface area contributed by atoms with Gasteiger partial charge in [0.1, 0.15) is 11.9 Å². The van der Waals surface area contributed by atoms with Gasteiger partial charge in [0.15, 0.2) is 0 Å². The van der Waals surface area contributed by atoms with E-state index in [2.05, 4.69) is 27.4 Å². The van der Waals surface area contributed by atoms with Crippen LogP contribution in [0, 0.1) is 0 Å². The molecule has 0 aliphatic rings. The van der Waals surface area contributed by atoms with Gasteiger partial charge in [-0.05, 0) is 17.7 Å². The van der Waals surface area contributed by atoms with Gasteiger partial charge in [-0.25, -0.2) is 10.4 Å². The Morgan fingerprint density at radius 2 is 2.17 bits per heavy atom. The highest BCUT2D eigenvalue weighted by molar-refractivity contribution is 5.48. The van der Waals surface area contributed by atoms with Gasteiger partial charge < -0.3 is 9.47 Å². The van der Waals surface area contributed by atoms with Gasteiger partial charge >= 0.3 is 0 Å². The Balaban J connectivity index is 2.39. The van der Waals surface area contributed by atoms with Crippen LogP contribution in [0.15, 0.2) is 36.7 Å². The lowest BCUT2D eigenvalue weighted by atomic mass is 10.1. The summed E-state index contributed by atoms with van der Waals surface area (Å²) in [5.74, 6) is 6.57. The molecule has 5 heteroatoms. The Kier molecular flexibility index (Phi) is 3.64. The zero-order valence-electron chi connectivity index (χ0n) is 11.0. The third-order valence-corrected chi connectivity index (χ3v) is 3.00. The second kappa shape index (κ2) is 5.20. The lowest BCUT2D eigenvalue weighted by Gasteiger charge is -2.19. The van der Waals surface area contributed by atoms with Crippen molar-refractivity contribution in [3.05, 3.63) is 48.0 Å². The number of benzene rings is 1. The highest BCUT2D eigenvalue weighted by Crippen LogP contribution is 2.23. The largest absolute Gasteiger partial charge is 0.378 e. The van der Waals surface area contributed by atoms with E-state index in [9.17, 15) is 0 Å². The fourth-order valence-corrected chi connectivity index (χ4v) is 1.96. The molecule has 0 saturated heterocycles. The Hall–Kier alpha value is -1.85. The molecule has 0 amide bonds. The van der Waals surface area contributed by atoms with Crippen molar-refractivity contribution >= 4 is 5.69 Å². The normalized spacial score (nSPS) is 12.4. The number of aryl methyl sites for hydroxylation is 1. The van der Waals surface area contributed by atoms with Crippen molar-refractivity contribution in [3.63, 3.8) is 0 Å². The molecule has 2 rings (SSSR count). The van der Waals surface area contributed by atoms with Crippen molar-refractivity contribution < 1.29 is 0 Å². The van der Waals surface area contributed by atoms with Crippen molar-refractivity contribution in [2.45, 2.75) is 6.04 Å². The molecule has 1 atom stereocenters. The first-order chi connectivity index (χ1) is 8.63. The Labute approximate surface area is 107 Å². The summed E-state index contributed by atoms with van der Waals surface area (Å²) in [6, 6.07) is 8.14. The van der Waals surface area contributed by atoms with E-state index in [0.29, 0.717) is 0 Å². The molecule has 18 heavy (non-hydrogen) atoms. The molecule has 0 fully saturated rings. The molecule has 2 aromatic rings. The van der Waals surface area contributed by atoms with E-state index in [1.165, 1.54) is 0 Å². The van der Waals surface area contributed by atoms with Crippen molar-refractivity contribution in [3.8, 4) is 0 Å². The summed E-state index contributed by atoms with van der Waals surface area (Å²) in [6.07, 6.45) is 3.69. The van der Waals surface area contributed by atoms with Crippen LogP contribution < -0.4 is 16.2 Å². The van der Waals surface area contributed by atoms with Crippen molar-refractivity contribution in [1.29, 1.82) is 0 Å². The van der Waals surface area contributed by atoms with Crippen LogP contribution in [0.3, 0.4) is 0 Å². The second-order valence-corrected chi connectivity index (χ2v) is 4.49. The number of aromatic nitrogens is 2. The molecule has 0 spiro atoms. The maximum absolute atomic E-state index is 5.67. The van der Waals surface area contributed by atoms with Gasteiger partial charge in [-0.3, -0.25) is 5.84 Å². The number of hydrogen-bond donors (Lipinski definition) is 2. The van der Waals surface area contributed by atoms with E-state index in [1.54, 1.807) is 6.20 Å². The monoisotopic (exact) mass is 245 g/mol. The number of hydrazine groups is 1. The van der Waals surface area contributed by atoms with Gasteiger partial charge in [0.25, 0.3) is 0 Å². The third kappa shape index (κ3) is 2.37. The number of rotatable bonds is 4. The minimum atomic E-state index is -0.107. The van der Waals surface area contributed by atoms with E-state index < -0.39 is 0 Å². The predicted octanol–water partition coefficient (Wildman–Crippen LogP) is 1.04. The average molecular weight is 245 g/mol. The third-order valence-electron chi connectivity index (χ3n) is 3.00. The molecule has 0 saturated carbocycles.